The lowest BCUT2D eigenvalue weighted by molar-refractivity contribution is -0.148. The van der Waals surface area contributed by atoms with Crippen molar-refractivity contribution in [2.45, 2.75) is 26.2 Å². The van der Waals surface area contributed by atoms with Gasteiger partial charge in [-0.3, -0.25) is 14.6 Å². The van der Waals surface area contributed by atoms with Crippen molar-refractivity contribution < 1.29 is 9.53 Å². The summed E-state index contributed by atoms with van der Waals surface area (Å²) >= 11 is 0. The molecule has 17 heavy (non-hydrogen) atoms. The molecule has 92 valence electrons. The number of hydrogen-bond acceptors (Lipinski definition) is 5. The molecule has 0 saturated carbocycles. The predicted octanol–water partition coefficient (Wildman–Crippen LogP) is 0.0201. The van der Waals surface area contributed by atoms with E-state index in [-0.39, 0.29) is 23.4 Å². The second-order valence-corrected chi connectivity index (χ2v) is 4.07. The van der Waals surface area contributed by atoms with Gasteiger partial charge < -0.3 is 10.5 Å². The van der Waals surface area contributed by atoms with Gasteiger partial charge in [0, 0.05) is 5.56 Å². The molecule has 1 aromatic rings. The summed E-state index contributed by atoms with van der Waals surface area (Å²) in [5, 5.41) is 0. The molecule has 0 amide bonds. The lowest BCUT2D eigenvalue weighted by Gasteiger charge is -2.21. The van der Waals surface area contributed by atoms with Crippen LogP contribution >= 0.6 is 0 Å². The first kappa shape index (κ1) is 11.6. The first-order valence-corrected chi connectivity index (χ1v) is 5.66. The molecule has 0 saturated heterocycles. The van der Waals surface area contributed by atoms with Crippen LogP contribution in [0.3, 0.4) is 0 Å². The predicted molar refractivity (Wildman–Crippen MR) is 61.4 cm³/mol. The van der Waals surface area contributed by atoms with Crippen LogP contribution in [-0.2, 0) is 22.4 Å². The Bertz CT molecular complexity index is 495. The number of rotatable bonds is 2. The van der Waals surface area contributed by atoms with Crippen molar-refractivity contribution in [2.75, 3.05) is 12.3 Å². The molecule has 1 aliphatic rings. The van der Waals surface area contributed by atoms with E-state index in [4.69, 9.17) is 10.5 Å². The highest BCUT2D eigenvalue weighted by Crippen LogP contribution is 2.23. The van der Waals surface area contributed by atoms with E-state index >= 15 is 0 Å². The van der Waals surface area contributed by atoms with Gasteiger partial charge in [0.15, 0.2) is 0 Å². The number of nitrogens with zero attached hydrogens (tertiary/aromatic N) is 1. The lowest BCUT2D eigenvalue weighted by Crippen LogP contribution is -2.31. The minimum absolute atomic E-state index is 0.128. The van der Waals surface area contributed by atoms with Gasteiger partial charge in [0.1, 0.15) is 0 Å². The number of nitrogen functional groups attached to an aromatic ring is 1. The second kappa shape index (κ2) is 4.57. The number of nitrogens with two attached hydrogens (primary N) is 1. The smallest absolute Gasteiger partial charge is 0.309 e. The fraction of sp³-hybridized carbons (Fsp3) is 0.545. The number of H-pyrrole nitrogens is 1. The third-order valence-corrected chi connectivity index (χ3v) is 2.92. The fourth-order valence-corrected chi connectivity index (χ4v) is 2.10. The molecule has 1 atom stereocenters. The second-order valence-electron chi connectivity index (χ2n) is 4.07. The zero-order chi connectivity index (χ0) is 12.4. The molecule has 0 spiro atoms. The number of aromatic amines is 1. The number of carbonyl (C=O) groups excluding carboxylic acids is 1. The number of nitrogens with one attached hydrogen (secondary N) is 1. The first-order chi connectivity index (χ1) is 8.11. The minimum Gasteiger partial charge on any atom is -0.466 e. The largest absolute Gasteiger partial charge is 0.466 e. The van der Waals surface area contributed by atoms with Crippen LogP contribution in [0.4, 0.5) is 5.95 Å². The number of carbonyl (C=O) groups is 1. The molecule has 1 aromatic heterocycles. The zero-order valence-corrected chi connectivity index (χ0v) is 9.66. The van der Waals surface area contributed by atoms with Crippen LogP contribution < -0.4 is 11.3 Å². The lowest BCUT2D eigenvalue weighted by atomic mass is 9.87. The molecular weight excluding hydrogens is 222 g/mol. The number of anilines is 1. The van der Waals surface area contributed by atoms with E-state index in [2.05, 4.69) is 9.97 Å². The molecule has 0 radical (unpaired) electrons. The molecule has 0 fully saturated rings. The van der Waals surface area contributed by atoms with Gasteiger partial charge in [0.25, 0.3) is 5.56 Å². The molecule has 3 N–H and O–H groups in total. The molecule has 6 nitrogen and oxygen atoms in total. The molecule has 0 bridgehead atoms. The Hall–Kier alpha value is -1.85. The van der Waals surface area contributed by atoms with Crippen LogP contribution in [0, 0.1) is 5.92 Å². The van der Waals surface area contributed by atoms with Crippen LogP contribution in [0.2, 0.25) is 0 Å². The van der Waals surface area contributed by atoms with Gasteiger partial charge in [-0.2, -0.15) is 0 Å². The van der Waals surface area contributed by atoms with E-state index in [1.807, 2.05) is 0 Å². The van der Waals surface area contributed by atoms with Crippen LogP contribution in [0.5, 0.6) is 0 Å². The van der Waals surface area contributed by atoms with Crippen LogP contribution in [0.1, 0.15) is 24.6 Å². The fourth-order valence-electron chi connectivity index (χ4n) is 2.10. The van der Waals surface area contributed by atoms with Crippen molar-refractivity contribution in [1.29, 1.82) is 0 Å². The Kier molecular flexibility index (Phi) is 3.12. The minimum atomic E-state index is -0.249. The van der Waals surface area contributed by atoms with Crippen LogP contribution in [-0.4, -0.2) is 22.5 Å². The summed E-state index contributed by atoms with van der Waals surface area (Å²) < 4.78 is 4.96. The number of esters is 1. The van der Waals surface area contributed by atoms with E-state index in [1.165, 1.54) is 0 Å². The van der Waals surface area contributed by atoms with Gasteiger partial charge in [-0.05, 0) is 26.2 Å². The van der Waals surface area contributed by atoms with Crippen molar-refractivity contribution >= 4 is 11.9 Å². The van der Waals surface area contributed by atoms with Gasteiger partial charge in [-0.1, -0.05) is 0 Å². The Morgan fingerprint density at radius 1 is 1.65 bits per heavy atom. The molecule has 1 aliphatic carbocycles. The maximum atomic E-state index is 11.7. The standard InChI is InChI=1S/C11H15N3O3/c1-2-17-10(16)6-3-4-8-7(5-6)9(15)14-11(12)13-8/h6H,2-5H2,1H3,(H3,12,13,14,15). The summed E-state index contributed by atoms with van der Waals surface area (Å²) in [5.74, 6) is -0.355. The van der Waals surface area contributed by atoms with Gasteiger partial charge >= 0.3 is 5.97 Å². The van der Waals surface area contributed by atoms with Gasteiger partial charge in [-0.25, -0.2) is 4.98 Å². The van der Waals surface area contributed by atoms with E-state index in [0.29, 0.717) is 37.1 Å². The summed E-state index contributed by atoms with van der Waals surface area (Å²) in [6.07, 6.45) is 1.63. The van der Waals surface area contributed by atoms with Crippen molar-refractivity contribution in [1.82, 2.24) is 9.97 Å². The normalized spacial score (nSPS) is 18.5. The third-order valence-electron chi connectivity index (χ3n) is 2.92. The highest BCUT2D eigenvalue weighted by molar-refractivity contribution is 5.73. The van der Waals surface area contributed by atoms with Crippen LogP contribution in [0.15, 0.2) is 4.79 Å². The highest BCUT2D eigenvalue weighted by Gasteiger charge is 2.28. The Morgan fingerprint density at radius 2 is 2.41 bits per heavy atom. The van der Waals surface area contributed by atoms with Gasteiger partial charge in [-0.15, -0.1) is 0 Å². The summed E-state index contributed by atoms with van der Waals surface area (Å²) in [6, 6.07) is 0. The first-order valence-electron chi connectivity index (χ1n) is 5.66. The van der Waals surface area contributed by atoms with Crippen molar-refractivity contribution in [3.8, 4) is 0 Å². The van der Waals surface area contributed by atoms with E-state index in [1.54, 1.807) is 6.92 Å². The van der Waals surface area contributed by atoms with Gasteiger partial charge in [0.05, 0.1) is 18.2 Å². The zero-order valence-electron chi connectivity index (χ0n) is 9.66. The Balaban J connectivity index is 2.24. The summed E-state index contributed by atoms with van der Waals surface area (Å²) in [5.41, 5.74) is 6.48. The van der Waals surface area contributed by atoms with Crippen LogP contribution in [0.25, 0.3) is 0 Å². The summed E-state index contributed by atoms with van der Waals surface area (Å²) in [4.78, 5) is 29.8. The van der Waals surface area contributed by atoms with Crippen molar-refractivity contribution in [3.05, 3.63) is 21.6 Å². The molecule has 0 aromatic carbocycles. The molecule has 2 rings (SSSR count). The van der Waals surface area contributed by atoms with Crippen molar-refractivity contribution in [2.24, 2.45) is 5.92 Å². The maximum absolute atomic E-state index is 11.7. The molecule has 0 aliphatic heterocycles. The summed E-state index contributed by atoms with van der Waals surface area (Å²) in [6.45, 7) is 2.13. The third kappa shape index (κ3) is 2.30. The SMILES string of the molecule is CCOC(=O)C1CCc2nc(N)[nH]c(=O)c2C1. The van der Waals surface area contributed by atoms with Gasteiger partial charge in [0.2, 0.25) is 5.95 Å². The number of fused-ring (bicyclic) bond motifs is 1. The molecular formula is C11H15N3O3. The Labute approximate surface area is 98.2 Å². The number of aryl methyl sites for hydroxylation is 1. The topological polar surface area (TPSA) is 98.1 Å². The molecule has 1 unspecified atom stereocenters. The van der Waals surface area contributed by atoms with E-state index < -0.39 is 0 Å². The quantitative estimate of drug-likeness (QED) is 0.706. The monoisotopic (exact) mass is 237 g/mol. The summed E-state index contributed by atoms with van der Waals surface area (Å²) in [7, 11) is 0. The molecule has 1 heterocycles. The van der Waals surface area contributed by atoms with E-state index in [0.717, 1.165) is 0 Å². The number of hydrogen-bond donors (Lipinski definition) is 2. The average Bonchev–Trinajstić information content (AvgIpc) is 2.28. The number of ether oxygens (including phenoxy) is 1. The maximum Gasteiger partial charge on any atom is 0.309 e. The average molecular weight is 237 g/mol. The van der Waals surface area contributed by atoms with E-state index in [9.17, 15) is 9.59 Å². The highest BCUT2D eigenvalue weighted by atomic mass is 16.5. The Morgan fingerprint density at radius 3 is 3.12 bits per heavy atom. The number of aromatic nitrogens is 2. The van der Waals surface area contributed by atoms with Crippen molar-refractivity contribution in [3.63, 3.8) is 0 Å². The molecule has 6 heteroatoms.